The molecule has 0 aliphatic carbocycles. The van der Waals surface area contributed by atoms with E-state index in [1.807, 2.05) is 0 Å². The third-order valence-electron chi connectivity index (χ3n) is 4.02. The van der Waals surface area contributed by atoms with Gasteiger partial charge in [0.15, 0.2) is 28.2 Å². The number of sulfonamides is 1. The van der Waals surface area contributed by atoms with Gasteiger partial charge in [-0.25, -0.2) is 35.4 Å². The van der Waals surface area contributed by atoms with E-state index in [1.54, 1.807) is 11.6 Å². The molecule has 0 atom stereocenters. The first kappa shape index (κ1) is 18.2. The number of benzene rings is 1. The Kier molecular flexibility index (Phi) is 4.82. The summed E-state index contributed by atoms with van der Waals surface area (Å²) < 4.78 is 92.9. The van der Waals surface area contributed by atoms with E-state index in [4.69, 9.17) is 0 Å². The van der Waals surface area contributed by atoms with E-state index in [0.717, 1.165) is 9.31 Å². The summed E-state index contributed by atoms with van der Waals surface area (Å²) in [6.07, 6.45) is 2.28. The minimum atomic E-state index is -4.86. The van der Waals surface area contributed by atoms with Crippen LogP contribution < -0.4 is 0 Å². The topological polar surface area (TPSA) is 50.3 Å². The van der Waals surface area contributed by atoms with Crippen molar-refractivity contribution in [3.63, 3.8) is 0 Å². The Morgan fingerprint density at radius 3 is 1.96 bits per heavy atom. The van der Waals surface area contributed by atoms with E-state index >= 15 is 0 Å². The highest BCUT2D eigenvalue weighted by Gasteiger charge is 2.38. The van der Waals surface area contributed by atoms with Crippen LogP contribution in [-0.2, 0) is 10.0 Å². The average Bonchev–Trinajstić information content (AvgIpc) is 3.13. The smallest absolute Gasteiger partial charge is 0.249 e. The van der Waals surface area contributed by atoms with Gasteiger partial charge in [0, 0.05) is 30.6 Å². The monoisotopic (exact) mass is 398 g/mol. The van der Waals surface area contributed by atoms with Gasteiger partial charge in [0.1, 0.15) is 0 Å². The maximum atomic E-state index is 13.8. The zero-order valence-corrected chi connectivity index (χ0v) is 14.1. The van der Waals surface area contributed by atoms with Crippen LogP contribution in [0.1, 0.15) is 23.8 Å². The van der Waals surface area contributed by atoms with Crippen LogP contribution in [-0.4, -0.2) is 30.8 Å². The first-order chi connectivity index (χ1) is 11.7. The van der Waals surface area contributed by atoms with Crippen molar-refractivity contribution in [1.82, 2.24) is 9.29 Å². The SMILES string of the molecule is O=S(=O)(c1c(F)c(F)c(F)c(F)c1F)N1CCC(c2nccs2)CC1. The molecule has 0 radical (unpaired) electrons. The molecule has 0 N–H and O–H groups in total. The molecule has 0 unspecified atom stereocenters. The van der Waals surface area contributed by atoms with Crippen molar-refractivity contribution in [1.29, 1.82) is 0 Å². The fourth-order valence-corrected chi connectivity index (χ4v) is 5.11. The van der Waals surface area contributed by atoms with Crippen LogP contribution >= 0.6 is 11.3 Å². The quantitative estimate of drug-likeness (QED) is 0.452. The Labute approximate surface area is 144 Å². The van der Waals surface area contributed by atoms with E-state index in [-0.39, 0.29) is 19.0 Å². The van der Waals surface area contributed by atoms with E-state index < -0.39 is 44.0 Å². The van der Waals surface area contributed by atoms with Crippen molar-refractivity contribution in [2.45, 2.75) is 23.7 Å². The summed E-state index contributed by atoms with van der Waals surface area (Å²) in [5.41, 5.74) is 0. The van der Waals surface area contributed by atoms with Crippen molar-refractivity contribution < 1.29 is 30.4 Å². The molecule has 1 aliphatic heterocycles. The molecule has 0 bridgehead atoms. The Balaban J connectivity index is 1.91. The number of hydrogen-bond donors (Lipinski definition) is 0. The number of hydrogen-bond acceptors (Lipinski definition) is 4. The number of piperidine rings is 1. The molecular weight excluding hydrogens is 387 g/mol. The lowest BCUT2D eigenvalue weighted by Gasteiger charge is -2.30. The van der Waals surface area contributed by atoms with Crippen LogP contribution in [0.2, 0.25) is 0 Å². The third kappa shape index (κ3) is 3.04. The number of halogens is 5. The maximum Gasteiger partial charge on any atom is 0.249 e. The minimum Gasteiger partial charge on any atom is -0.249 e. The molecule has 4 nitrogen and oxygen atoms in total. The molecule has 11 heteroatoms. The van der Waals surface area contributed by atoms with E-state index in [0.29, 0.717) is 12.8 Å². The molecule has 1 fully saturated rings. The molecule has 0 spiro atoms. The Bertz CT molecular complexity index is 865. The van der Waals surface area contributed by atoms with Crippen molar-refractivity contribution in [2.24, 2.45) is 0 Å². The molecular formula is C14H11F5N2O2S2. The minimum absolute atomic E-state index is 0.0113. The highest BCUT2D eigenvalue weighted by molar-refractivity contribution is 7.89. The molecule has 2 aromatic rings. The highest BCUT2D eigenvalue weighted by Crippen LogP contribution is 2.34. The molecule has 136 valence electrons. The predicted molar refractivity (Wildman–Crippen MR) is 79.1 cm³/mol. The van der Waals surface area contributed by atoms with Gasteiger partial charge >= 0.3 is 0 Å². The summed E-state index contributed by atoms with van der Waals surface area (Å²) in [5, 5.41) is 2.58. The van der Waals surface area contributed by atoms with Crippen LogP contribution in [0, 0.1) is 29.1 Å². The van der Waals surface area contributed by atoms with Crippen LogP contribution in [0.5, 0.6) is 0 Å². The van der Waals surface area contributed by atoms with Gasteiger partial charge < -0.3 is 0 Å². The van der Waals surface area contributed by atoms with Gasteiger partial charge in [-0.05, 0) is 12.8 Å². The summed E-state index contributed by atoms with van der Waals surface area (Å²) in [4.78, 5) is 2.33. The first-order valence-electron chi connectivity index (χ1n) is 7.16. The fourth-order valence-electron chi connectivity index (χ4n) is 2.72. The largest absolute Gasteiger partial charge is 0.249 e. The second-order valence-corrected chi connectivity index (χ2v) is 8.25. The van der Waals surface area contributed by atoms with Crippen molar-refractivity contribution >= 4 is 21.4 Å². The van der Waals surface area contributed by atoms with Gasteiger partial charge in [-0.3, -0.25) is 0 Å². The molecule has 0 amide bonds. The molecule has 3 rings (SSSR count). The van der Waals surface area contributed by atoms with Gasteiger partial charge in [-0.15, -0.1) is 11.3 Å². The zero-order valence-electron chi connectivity index (χ0n) is 12.5. The van der Waals surface area contributed by atoms with Crippen molar-refractivity contribution in [3.8, 4) is 0 Å². The molecule has 1 aliphatic rings. The number of nitrogens with zero attached hydrogens (tertiary/aromatic N) is 2. The first-order valence-corrected chi connectivity index (χ1v) is 9.48. The van der Waals surface area contributed by atoms with Gasteiger partial charge in [-0.2, -0.15) is 4.31 Å². The van der Waals surface area contributed by atoms with Crippen LogP contribution in [0.4, 0.5) is 22.0 Å². The summed E-state index contributed by atoms with van der Waals surface area (Å²) >= 11 is 1.41. The summed E-state index contributed by atoms with van der Waals surface area (Å²) in [5.74, 6) is -11.7. The van der Waals surface area contributed by atoms with E-state index in [1.165, 1.54) is 11.3 Å². The number of rotatable bonds is 3. The summed E-state index contributed by atoms with van der Waals surface area (Å²) in [6.45, 7) is -0.210. The second-order valence-electron chi connectivity index (χ2n) is 5.45. The third-order valence-corrected chi connectivity index (χ3v) is 6.88. The number of thiazole rings is 1. The summed E-state index contributed by atoms with van der Waals surface area (Å²) in [6, 6.07) is 0. The lowest BCUT2D eigenvalue weighted by atomic mass is 9.99. The van der Waals surface area contributed by atoms with Crippen LogP contribution in [0.15, 0.2) is 16.5 Å². The lowest BCUT2D eigenvalue weighted by Crippen LogP contribution is -2.39. The van der Waals surface area contributed by atoms with E-state index in [9.17, 15) is 30.4 Å². The molecule has 0 saturated carbocycles. The molecule has 1 aromatic carbocycles. The molecule has 2 heterocycles. The van der Waals surface area contributed by atoms with E-state index in [2.05, 4.69) is 4.98 Å². The van der Waals surface area contributed by atoms with Crippen molar-refractivity contribution in [2.75, 3.05) is 13.1 Å². The number of aromatic nitrogens is 1. The van der Waals surface area contributed by atoms with Crippen LogP contribution in [0.25, 0.3) is 0 Å². The Morgan fingerprint density at radius 1 is 0.960 bits per heavy atom. The normalized spacial score (nSPS) is 17.2. The van der Waals surface area contributed by atoms with Crippen LogP contribution in [0.3, 0.4) is 0 Å². The van der Waals surface area contributed by atoms with Gasteiger partial charge in [-0.1, -0.05) is 0 Å². The Hall–Kier alpha value is -1.59. The standard InChI is InChI=1S/C14H11F5N2O2S2/c15-8-9(16)11(18)13(12(19)10(8)17)25(22,23)21-4-1-7(2-5-21)14-20-3-6-24-14/h3,6-7H,1-2,4-5H2. The van der Waals surface area contributed by atoms with Gasteiger partial charge in [0.2, 0.25) is 15.8 Å². The second kappa shape index (κ2) is 6.61. The predicted octanol–water partition coefficient (Wildman–Crippen LogP) is 3.41. The molecule has 25 heavy (non-hydrogen) atoms. The summed E-state index contributed by atoms with van der Waals surface area (Å²) in [7, 11) is -4.86. The average molecular weight is 398 g/mol. The molecule has 1 saturated heterocycles. The zero-order chi connectivity index (χ0) is 18.4. The van der Waals surface area contributed by atoms with Gasteiger partial charge in [0.25, 0.3) is 0 Å². The maximum absolute atomic E-state index is 13.8. The highest BCUT2D eigenvalue weighted by atomic mass is 32.2. The van der Waals surface area contributed by atoms with Gasteiger partial charge in [0.05, 0.1) is 5.01 Å². The fraction of sp³-hybridized carbons (Fsp3) is 0.357. The molecule has 1 aromatic heterocycles. The van der Waals surface area contributed by atoms with Crippen molar-refractivity contribution in [3.05, 3.63) is 45.7 Å². The Morgan fingerprint density at radius 2 is 1.48 bits per heavy atom. The lowest BCUT2D eigenvalue weighted by molar-refractivity contribution is 0.310.